The van der Waals surface area contributed by atoms with Gasteiger partial charge in [-0.2, -0.15) is 4.31 Å². The monoisotopic (exact) mass is 393 g/mol. The molecule has 0 aliphatic carbocycles. The van der Waals surface area contributed by atoms with Gasteiger partial charge in [0, 0.05) is 45.2 Å². The van der Waals surface area contributed by atoms with Gasteiger partial charge < -0.3 is 10.2 Å². The van der Waals surface area contributed by atoms with E-state index in [1.165, 1.54) is 0 Å². The Labute approximate surface area is 163 Å². The molecule has 2 heterocycles. The number of hydrogen-bond donors (Lipinski definition) is 1. The number of nitrogens with one attached hydrogen (secondary N) is 1. The first-order valence-corrected chi connectivity index (χ1v) is 11.5. The third-order valence-corrected chi connectivity index (χ3v) is 7.49. The Morgan fingerprint density at radius 3 is 2.37 bits per heavy atom. The second kappa shape index (κ2) is 9.17. The third-order valence-electron chi connectivity index (χ3n) is 5.58. The highest BCUT2D eigenvalue weighted by Gasteiger charge is 2.25. The number of carbonyl (C=O) groups is 1. The van der Waals surface area contributed by atoms with Gasteiger partial charge in [-0.05, 0) is 43.9 Å². The van der Waals surface area contributed by atoms with Gasteiger partial charge in [-0.15, -0.1) is 0 Å². The molecule has 0 radical (unpaired) electrons. The maximum absolute atomic E-state index is 12.8. The molecular formula is C20H31N3O3S. The lowest BCUT2D eigenvalue weighted by Gasteiger charge is -2.34. The number of nitrogens with zero attached hydrogens (tertiary/aromatic N) is 2. The van der Waals surface area contributed by atoms with Crippen molar-refractivity contribution in [3.8, 4) is 0 Å². The number of rotatable bonds is 5. The highest BCUT2D eigenvalue weighted by Crippen LogP contribution is 2.21. The average Bonchev–Trinajstić information content (AvgIpc) is 2.97. The summed E-state index contributed by atoms with van der Waals surface area (Å²) in [6, 6.07) is 7.30. The lowest BCUT2D eigenvalue weighted by atomic mass is 10.1. The number of sulfonamides is 1. The predicted molar refractivity (Wildman–Crippen MR) is 106 cm³/mol. The zero-order chi connectivity index (χ0) is 19.3. The smallest absolute Gasteiger partial charge is 0.243 e. The van der Waals surface area contributed by atoms with Gasteiger partial charge in [0.25, 0.3) is 0 Å². The summed E-state index contributed by atoms with van der Waals surface area (Å²) in [5, 5.41) is 3.29. The van der Waals surface area contributed by atoms with E-state index >= 15 is 0 Å². The third kappa shape index (κ3) is 5.09. The van der Waals surface area contributed by atoms with Crippen molar-refractivity contribution in [2.24, 2.45) is 0 Å². The second-order valence-corrected chi connectivity index (χ2v) is 9.54. The van der Waals surface area contributed by atoms with Gasteiger partial charge in [0.2, 0.25) is 15.9 Å². The molecule has 0 aromatic heterocycles. The van der Waals surface area contributed by atoms with E-state index in [2.05, 4.69) is 12.2 Å². The number of amides is 1. The van der Waals surface area contributed by atoms with E-state index in [4.69, 9.17) is 0 Å². The minimum absolute atomic E-state index is 0.172. The SMILES string of the molecule is C[C@H]1CNCCN1C(=O)CCc1ccc(S(=O)(=O)N2CCCCCC2)cc1. The minimum atomic E-state index is -3.41. The Balaban J connectivity index is 1.59. The van der Waals surface area contributed by atoms with Crippen LogP contribution in [0.3, 0.4) is 0 Å². The van der Waals surface area contributed by atoms with E-state index in [0.717, 1.165) is 50.9 Å². The molecule has 0 bridgehead atoms. The van der Waals surface area contributed by atoms with Gasteiger partial charge in [-0.25, -0.2) is 8.42 Å². The van der Waals surface area contributed by atoms with Crippen LogP contribution >= 0.6 is 0 Å². The molecule has 1 amide bonds. The number of piperazine rings is 1. The van der Waals surface area contributed by atoms with Crippen molar-refractivity contribution < 1.29 is 13.2 Å². The van der Waals surface area contributed by atoms with Crippen LogP contribution in [0.25, 0.3) is 0 Å². The molecule has 1 atom stereocenters. The molecule has 1 aromatic rings. The van der Waals surface area contributed by atoms with E-state index in [-0.39, 0.29) is 11.9 Å². The number of hydrogen-bond acceptors (Lipinski definition) is 4. The molecule has 7 heteroatoms. The summed E-state index contributed by atoms with van der Waals surface area (Å²) < 4.78 is 27.3. The zero-order valence-electron chi connectivity index (χ0n) is 16.2. The van der Waals surface area contributed by atoms with Gasteiger partial charge in [0.05, 0.1) is 4.90 Å². The Kier molecular flexibility index (Phi) is 6.89. The highest BCUT2D eigenvalue weighted by molar-refractivity contribution is 7.89. The highest BCUT2D eigenvalue weighted by atomic mass is 32.2. The van der Waals surface area contributed by atoms with Gasteiger partial charge in [0.1, 0.15) is 0 Å². The molecule has 27 heavy (non-hydrogen) atoms. The Hall–Kier alpha value is -1.44. The first-order valence-electron chi connectivity index (χ1n) is 10.1. The lowest BCUT2D eigenvalue weighted by molar-refractivity contribution is -0.133. The quantitative estimate of drug-likeness (QED) is 0.831. The molecule has 0 saturated carbocycles. The molecule has 2 saturated heterocycles. The fourth-order valence-corrected chi connectivity index (χ4v) is 5.38. The molecule has 6 nitrogen and oxygen atoms in total. The van der Waals surface area contributed by atoms with Gasteiger partial charge in [-0.1, -0.05) is 25.0 Å². The zero-order valence-corrected chi connectivity index (χ0v) is 17.0. The minimum Gasteiger partial charge on any atom is -0.337 e. The van der Waals surface area contributed by atoms with Gasteiger partial charge >= 0.3 is 0 Å². The van der Waals surface area contributed by atoms with Crippen LogP contribution in [0.5, 0.6) is 0 Å². The molecule has 2 fully saturated rings. The van der Waals surface area contributed by atoms with Crippen LogP contribution in [0.1, 0.15) is 44.6 Å². The molecular weight excluding hydrogens is 362 g/mol. The Bertz CT molecular complexity index is 725. The van der Waals surface area contributed by atoms with E-state index in [9.17, 15) is 13.2 Å². The van der Waals surface area contributed by atoms with Gasteiger partial charge in [0.15, 0.2) is 0 Å². The topological polar surface area (TPSA) is 69.7 Å². The molecule has 3 rings (SSSR count). The summed E-state index contributed by atoms with van der Waals surface area (Å²) >= 11 is 0. The Morgan fingerprint density at radius 1 is 1.07 bits per heavy atom. The molecule has 1 aromatic carbocycles. The van der Waals surface area contributed by atoms with Crippen molar-refractivity contribution in [3.63, 3.8) is 0 Å². The first kappa shape index (κ1) is 20.3. The normalized spacial score (nSPS) is 22.4. The summed E-state index contributed by atoms with van der Waals surface area (Å²) in [6.45, 7) is 5.73. The summed E-state index contributed by atoms with van der Waals surface area (Å²) in [5.41, 5.74) is 1.00. The molecule has 0 spiro atoms. The first-order chi connectivity index (χ1) is 13.0. The van der Waals surface area contributed by atoms with Crippen molar-refractivity contribution >= 4 is 15.9 Å². The van der Waals surface area contributed by atoms with Crippen LogP contribution in [-0.2, 0) is 21.2 Å². The van der Waals surface area contributed by atoms with Crippen LogP contribution in [0, 0.1) is 0 Å². The van der Waals surface area contributed by atoms with E-state index in [1.54, 1.807) is 16.4 Å². The number of benzene rings is 1. The molecule has 1 N–H and O–H groups in total. The van der Waals surface area contributed by atoms with E-state index in [1.807, 2.05) is 17.0 Å². The van der Waals surface area contributed by atoms with Crippen molar-refractivity contribution in [1.82, 2.24) is 14.5 Å². The molecule has 2 aliphatic rings. The Morgan fingerprint density at radius 2 is 1.74 bits per heavy atom. The molecule has 150 valence electrons. The van der Waals surface area contributed by atoms with Crippen LogP contribution in [-0.4, -0.2) is 62.3 Å². The maximum atomic E-state index is 12.8. The van der Waals surface area contributed by atoms with Crippen molar-refractivity contribution in [3.05, 3.63) is 29.8 Å². The maximum Gasteiger partial charge on any atom is 0.243 e. The van der Waals surface area contributed by atoms with Crippen LogP contribution < -0.4 is 5.32 Å². The van der Waals surface area contributed by atoms with Crippen LogP contribution in [0.15, 0.2) is 29.2 Å². The lowest BCUT2D eigenvalue weighted by Crippen LogP contribution is -2.52. The summed E-state index contributed by atoms with van der Waals surface area (Å²) in [7, 11) is -3.41. The summed E-state index contributed by atoms with van der Waals surface area (Å²) in [4.78, 5) is 14.7. The number of carbonyl (C=O) groups excluding carboxylic acids is 1. The van der Waals surface area contributed by atoms with Crippen molar-refractivity contribution in [1.29, 1.82) is 0 Å². The van der Waals surface area contributed by atoms with E-state index in [0.29, 0.717) is 30.8 Å². The summed E-state index contributed by atoms with van der Waals surface area (Å²) in [5.74, 6) is 0.172. The standard InChI is InChI=1S/C20H31N3O3S/c1-17-16-21-12-15-23(17)20(24)11-8-18-6-9-19(10-7-18)27(25,26)22-13-4-2-3-5-14-22/h6-7,9-10,17,21H,2-5,8,11-16H2,1H3/t17-/m0/s1. The van der Waals surface area contributed by atoms with Crippen molar-refractivity contribution in [2.45, 2.75) is 56.4 Å². The van der Waals surface area contributed by atoms with Crippen LogP contribution in [0.2, 0.25) is 0 Å². The average molecular weight is 394 g/mol. The summed E-state index contributed by atoms with van der Waals surface area (Å²) in [6.07, 6.45) is 5.17. The largest absolute Gasteiger partial charge is 0.337 e. The van der Waals surface area contributed by atoms with Crippen LogP contribution in [0.4, 0.5) is 0 Å². The van der Waals surface area contributed by atoms with Gasteiger partial charge in [-0.3, -0.25) is 4.79 Å². The van der Waals surface area contributed by atoms with Crippen molar-refractivity contribution in [2.75, 3.05) is 32.7 Å². The number of aryl methyl sites for hydroxylation is 1. The molecule has 0 unspecified atom stereocenters. The fraction of sp³-hybridized carbons (Fsp3) is 0.650. The van der Waals surface area contributed by atoms with E-state index < -0.39 is 10.0 Å². The predicted octanol–water partition coefficient (Wildman–Crippen LogP) is 2.00. The molecule has 2 aliphatic heterocycles. The fourth-order valence-electron chi connectivity index (χ4n) is 3.87. The second-order valence-electron chi connectivity index (χ2n) is 7.60.